The van der Waals surface area contributed by atoms with Crippen LogP contribution in [0, 0.1) is 10.1 Å². The Bertz CT molecular complexity index is 998. The van der Waals surface area contributed by atoms with Gasteiger partial charge in [0, 0.05) is 24.4 Å². The van der Waals surface area contributed by atoms with E-state index in [-0.39, 0.29) is 11.6 Å². The van der Waals surface area contributed by atoms with Gasteiger partial charge in [0.15, 0.2) is 5.16 Å². The van der Waals surface area contributed by atoms with Gasteiger partial charge in [-0.05, 0) is 31.2 Å². The van der Waals surface area contributed by atoms with Crippen molar-refractivity contribution < 1.29 is 9.72 Å². The van der Waals surface area contributed by atoms with Gasteiger partial charge < -0.3 is 9.88 Å². The molecule has 0 radical (unpaired) electrons. The average Bonchev–Trinajstić information content (AvgIpc) is 3.00. The molecule has 1 aromatic heterocycles. The molecule has 0 fully saturated rings. The maximum atomic E-state index is 12.5. The van der Waals surface area contributed by atoms with E-state index in [2.05, 4.69) is 16.9 Å². The molecular formula is C19H18N4O3S. The summed E-state index contributed by atoms with van der Waals surface area (Å²) in [6.45, 7) is 6.18. The molecule has 0 saturated carbocycles. The van der Waals surface area contributed by atoms with Crippen LogP contribution in [0.3, 0.4) is 0 Å². The molecular weight excluding hydrogens is 364 g/mol. The van der Waals surface area contributed by atoms with Crippen molar-refractivity contribution in [3.05, 3.63) is 71.3 Å². The molecule has 1 amide bonds. The van der Waals surface area contributed by atoms with E-state index in [0.29, 0.717) is 12.2 Å². The Labute approximate surface area is 160 Å². The molecule has 0 spiro atoms. The molecule has 0 aliphatic carbocycles. The van der Waals surface area contributed by atoms with Crippen LogP contribution in [0.15, 0.2) is 66.3 Å². The molecule has 1 unspecified atom stereocenters. The summed E-state index contributed by atoms with van der Waals surface area (Å²) in [5, 5.41) is 13.8. The van der Waals surface area contributed by atoms with Crippen LogP contribution < -0.4 is 5.32 Å². The molecule has 138 valence electrons. The number of nitrogens with one attached hydrogen (secondary N) is 1. The number of aromatic nitrogens is 2. The normalized spacial score (nSPS) is 11.9. The molecule has 3 rings (SSSR count). The van der Waals surface area contributed by atoms with Gasteiger partial charge in [-0.3, -0.25) is 14.9 Å². The lowest BCUT2D eigenvalue weighted by Crippen LogP contribution is -2.22. The van der Waals surface area contributed by atoms with E-state index in [1.807, 2.05) is 28.8 Å². The summed E-state index contributed by atoms with van der Waals surface area (Å²) in [6, 6.07) is 13.5. The molecule has 7 nitrogen and oxygen atoms in total. The van der Waals surface area contributed by atoms with E-state index in [4.69, 9.17) is 0 Å². The molecule has 1 heterocycles. The fourth-order valence-corrected chi connectivity index (χ4v) is 3.50. The number of amides is 1. The molecule has 0 aliphatic rings. The van der Waals surface area contributed by atoms with Crippen LogP contribution in [0.1, 0.15) is 6.92 Å². The lowest BCUT2D eigenvalue weighted by molar-refractivity contribution is -0.384. The lowest BCUT2D eigenvalue weighted by Gasteiger charge is -2.12. The zero-order valence-electron chi connectivity index (χ0n) is 14.7. The van der Waals surface area contributed by atoms with Crippen molar-refractivity contribution in [2.75, 3.05) is 5.32 Å². The number of allylic oxidation sites excluding steroid dienone is 1. The molecule has 2 aromatic carbocycles. The molecule has 27 heavy (non-hydrogen) atoms. The molecule has 0 aliphatic heterocycles. The number of para-hydroxylation sites is 2. The minimum absolute atomic E-state index is 0.0198. The summed E-state index contributed by atoms with van der Waals surface area (Å²) >= 11 is 1.36. The lowest BCUT2D eigenvalue weighted by atomic mass is 10.3. The van der Waals surface area contributed by atoms with Crippen LogP contribution in [-0.2, 0) is 11.3 Å². The summed E-state index contributed by atoms with van der Waals surface area (Å²) in [6.07, 6.45) is 1.79. The van der Waals surface area contributed by atoms with E-state index in [9.17, 15) is 14.9 Å². The third kappa shape index (κ3) is 4.17. The van der Waals surface area contributed by atoms with Crippen molar-refractivity contribution in [2.24, 2.45) is 0 Å². The van der Waals surface area contributed by atoms with Crippen LogP contribution in [0.2, 0.25) is 0 Å². The van der Waals surface area contributed by atoms with Gasteiger partial charge in [0.1, 0.15) is 0 Å². The number of carbonyl (C=O) groups excluding carboxylic acids is 1. The molecule has 0 bridgehead atoms. The monoisotopic (exact) mass is 382 g/mol. The van der Waals surface area contributed by atoms with Gasteiger partial charge in [-0.15, -0.1) is 6.58 Å². The number of anilines is 1. The predicted molar refractivity (Wildman–Crippen MR) is 107 cm³/mol. The predicted octanol–water partition coefficient (Wildman–Crippen LogP) is 4.25. The quantitative estimate of drug-likeness (QED) is 0.285. The molecule has 1 N–H and O–H groups in total. The number of thioether (sulfide) groups is 1. The van der Waals surface area contributed by atoms with Crippen molar-refractivity contribution in [1.82, 2.24) is 9.55 Å². The number of non-ortho nitro benzene ring substituents is 1. The van der Waals surface area contributed by atoms with Crippen molar-refractivity contribution in [3.8, 4) is 0 Å². The standard InChI is InChI=1S/C19H18N4O3S/c1-3-12-22-17-7-5-4-6-16(17)21-19(22)27-13(2)18(24)20-14-8-10-15(11-9-14)23(25)26/h3-11,13H,1,12H2,2H3,(H,20,24). The van der Waals surface area contributed by atoms with Crippen LogP contribution in [-0.4, -0.2) is 25.6 Å². The summed E-state index contributed by atoms with van der Waals surface area (Å²) in [5.74, 6) is -0.203. The largest absolute Gasteiger partial charge is 0.325 e. The first-order chi connectivity index (χ1) is 13.0. The fourth-order valence-electron chi connectivity index (χ4n) is 2.57. The van der Waals surface area contributed by atoms with Gasteiger partial charge in [-0.2, -0.15) is 0 Å². The second-order valence-electron chi connectivity index (χ2n) is 5.84. The van der Waals surface area contributed by atoms with Crippen LogP contribution in [0.4, 0.5) is 11.4 Å². The number of benzene rings is 2. The zero-order chi connectivity index (χ0) is 19.4. The van der Waals surface area contributed by atoms with Gasteiger partial charge in [0.25, 0.3) is 5.69 Å². The Morgan fingerprint density at radius 1 is 1.33 bits per heavy atom. The van der Waals surface area contributed by atoms with Crippen molar-refractivity contribution in [3.63, 3.8) is 0 Å². The van der Waals surface area contributed by atoms with Crippen LogP contribution in [0.5, 0.6) is 0 Å². The topological polar surface area (TPSA) is 90.1 Å². The minimum Gasteiger partial charge on any atom is -0.325 e. The number of nitro groups is 1. The second-order valence-corrected chi connectivity index (χ2v) is 7.14. The third-order valence-electron chi connectivity index (χ3n) is 3.93. The molecule has 1 atom stereocenters. The molecule has 8 heteroatoms. The maximum Gasteiger partial charge on any atom is 0.269 e. The van der Waals surface area contributed by atoms with E-state index < -0.39 is 10.2 Å². The number of rotatable bonds is 7. The Morgan fingerprint density at radius 2 is 2.04 bits per heavy atom. The summed E-state index contributed by atoms with van der Waals surface area (Å²) in [7, 11) is 0. The smallest absolute Gasteiger partial charge is 0.269 e. The van der Waals surface area contributed by atoms with Gasteiger partial charge in [0.2, 0.25) is 5.91 Å². The van der Waals surface area contributed by atoms with E-state index in [0.717, 1.165) is 16.2 Å². The van der Waals surface area contributed by atoms with E-state index in [1.54, 1.807) is 13.0 Å². The first-order valence-corrected chi connectivity index (χ1v) is 9.15. The highest BCUT2D eigenvalue weighted by Crippen LogP contribution is 2.28. The summed E-state index contributed by atoms with van der Waals surface area (Å²) in [4.78, 5) is 27.3. The third-order valence-corrected chi connectivity index (χ3v) is 5.02. The van der Waals surface area contributed by atoms with Gasteiger partial charge in [-0.25, -0.2) is 4.98 Å². The second kappa shape index (κ2) is 8.05. The van der Waals surface area contributed by atoms with Crippen molar-refractivity contribution >= 4 is 40.1 Å². The molecule has 0 saturated heterocycles. The Morgan fingerprint density at radius 3 is 2.70 bits per heavy atom. The highest BCUT2D eigenvalue weighted by Gasteiger charge is 2.19. The zero-order valence-corrected chi connectivity index (χ0v) is 15.5. The minimum atomic E-state index is -0.478. The summed E-state index contributed by atoms with van der Waals surface area (Å²) in [5.41, 5.74) is 2.35. The first-order valence-electron chi connectivity index (χ1n) is 8.27. The number of nitro benzene ring substituents is 1. The van der Waals surface area contributed by atoms with Crippen LogP contribution >= 0.6 is 11.8 Å². The molecule has 3 aromatic rings. The number of hydrogen-bond acceptors (Lipinski definition) is 5. The maximum absolute atomic E-state index is 12.5. The highest BCUT2D eigenvalue weighted by molar-refractivity contribution is 8.00. The highest BCUT2D eigenvalue weighted by atomic mass is 32.2. The van der Waals surface area contributed by atoms with Gasteiger partial charge in [0.05, 0.1) is 21.2 Å². The number of fused-ring (bicyclic) bond motifs is 1. The Balaban J connectivity index is 1.74. The number of nitrogens with zero attached hydrogens (tertiary/aromatic N) is 3. The van der Waals surface area contributed by atoms with Crippen molar-refractivity contribution in [2.45, 2.75) is 23.9 Å². The fraction of sp³-hybridized carbons (Fsp3) is 0.158. The average molecular weight is 382 g/mol. The van der Waals surface area contributed by atoms with Gasteiger partial charge >= 0.3 is 0 Å². The van der Waals surface area contributed by atoms with E-state index >= 15 is 0 Å². The number of imidazole rings is 1. The SMILES string of the molecule is C=CCn1c(SC(C)C(=O)Nc2ccc([N+](=O)[O-])cc2)nc2ccccc21. The van der Waals surface area contributed by atoms with Crippen LogP contribution in [0.25, 0.3) is 11.0 Å². The van der Waals surface area contributed by atoms with Gasteiger partial charge in [-0.1, -0.05) is 30.0 Å². The Hall–Kier alpha value is -3.13. The Kier molecular flexibility index (Phi) is 5.56. The van der Waals surface area contributed by atoms with E-state index in [1.165, 1.54) is 36.0 Å². The summed E-state index contributed by atoms with van der Waals surface area (Å²) < 4.78 is 2.02. The first kappa shape index (κ1) is 18.7. The number of hydrogen-bond donors (Lipinski definition) is 1. The van der Waals surface area contributed by atoms with Crippen molar-refractivity contribution in [1.29, 1.82) is 0 Å². The number of carbonyl (C=O) groups is 1.